The minimum atomic E-state index is -1.17. The number of alkyl carbamates (subject to hydrolysis) is 3. The lowest BCUT2D eigenvalue weighted by Gasteiger charge is -2.28. The van der Waals surface area contributed by atoms with Crippen LogP contribution in [-0.2, 0) is 33.2 Å². The Morgan fingerprint density at radius 2 is 0.837 bits per heavy atom. The van der Waals surface area contributed by atoms with Crippen LogP contribution in [0.3, 0.4) is 0 Å². The predicted molar refractivity (Wildman–Crippen MR) is 160 cm³/mol. The Kier molecular flexibility index (Phi) is 18.7. The van der Waals surface area contributed by atoms with Crippen LogP contribution in [0, 0.1) is 0 Å². The Morgan fingerprint density at radius 1 is 0.558 bits per heavy atom. The number of amides is 3. The summed E-state index contributed by atoms with van der Waals surface area (Å²) in [6.45, 7) is 17.8. The number of hydrogen-bond acceptors (Lipinski definition) is 11. The summed E-state index contributed by atoms with van der Waals surface area (Å²) in [7, 11) is 0. The zero-order valence-corrected chi connectivity index (χ0v) is 27.5. The highest BCUT2D eigenvalue weighted by molar-refractivity contribution is 5.68. The minimum absolute atomic E-state index is 0.000987. The van der Waals surface area contributed by atoms with Crippen LogP contribution in [0.2, 0.25) is 0 Å². The Bertz CT molecular complexity index is 774. The third-order valence-electron chi connectivity index (χ3n) is 4.80. The normalized spacial score (nSPS) is 12.1. The number of isocyanates is 1. The Labute approximate surface area is 256 Å². The molecule has 14 nitrogen and oxygen atoms in total. The van der Waals surface area contributed by atoms with Gasteiger partial charge in [-0.3, -0.25) is 0 Å². The van der Waals surface area contributed by atoms with Crippen LogP contribution in [0.25, 0.3) is 0 Å². The van der Waals surface area contributed by atoms with E-state index >= 15 is 0 Å². The number of nitrogens with zero attached hydrogens (tertiary/aromatic N) is 1. The van der Waals surface area contributed by atoms with Gasteiger partial charge in [-0.25, -0.2) is 19.2 Å². The van der Waals surface area contributed by atoms with Gasteiger partial charge in [-0.2, -0.15) is 4.99 Å². The molecule has 0 rings (SSSR count). The number of hydrogen-bond donors (Lipinski definition) is 3. The second kappa shape index (κ2) is 20.1. The third kappa shape index (κ3) is 25.3. The lowest BCUT2D eigenvalue weighted by molar-refractivity contribution is -0.0226. The zero-order chi connectivity index (χ0) is 33.0. The number of aliphatic imine (C=N–C) groups is 1. The van der Waals surface area contributed by atoms with Crippen LogP contribution in [0.1, 0.15) is 81.6 Å². The van der Waals surface area contributed by atoms with Gasteiger partial charge in [0.2, 0.25) is 6.08 Å². The zero-order valence-electron chi connectivity index (χ0n) is 27.5. The summed E-state index contributed by atoms with van der Waals surface area (Å²) in [5, 5.41) is 7.97. The van der Waals surface area contributed by atoms with Crippen LogP contribution in [-0.4, -0.2) is 106 Å². The second-order valence-electron chi connectivity index (χ2n) is 12.9. The SMILES string of the molecule is CC(C)(C)OC(=O)NCCCOCC(COCCCNC(=O)OC(C)(C)C)(COCCCNC(=O)OC(C)(C)C)N=C=O. The van der Waals surface area contributed by atoms with Crippen LogP contribution in [0.15, 0.2) is 4.99 Å². The minimum Gasteiger partial charge on any atom is -0.444 e. The summed E-state index contributed by atoms with van der Waals surface area (Å²) in [5.74, 6) is 0. The van der Waals surface area contributed by atoms with Crippen molar-refractivity contribution in [3.05, 3.63) is 0 Å². The van der Waals surface area contributed by atoms with Crippen molar-refractivity contribution in [2.24, 2.45) is 4.99 Å². The molecule has 0 aliphatic carbocycles. The van der Waals surface area contributed by atoms with Crippen molar-refractivity contribution in [3.63, 3.8) is 0 Å². The molecule has 0 atom stereocenters. The second-order valence-corrected chi connectivity index (χ2v) is 12.9. The van der Waals surface area contributed by atoms with E-state index < -0.39 is 40.6 Å². The van der Waals surface area contributed by atoms with Crippen molar-refractivity contribution in [1.29, 1.82) is 0 Å². The Balaban J connectivity index is 4.82. The van der Waals surface area contributed by atoms with E-state index in [0.717, 1.165) is 0 Å². The first-order valence-corrected chi connectivity index (χ1v) is 14.6. The molecule has 3 amide bonds. The number of ether oxygens (including phenoxy) is 6. The number of carbonyl (C=O) groups is 3. The van der Waals surface area contributed by atoms with Gasteiger partial charge in [0.15, 0.2) is 0 Å². The van der Waals surface area contributed by atoms with E-state index in [1.165, 1.54) is 0 Å². The van der Waals surface area contributed by atoms with Gasteiger partial charge in [0, 0.05) is 39.5 Å². The molecule has 0 fully saturated rings. The highest BCUT2D eigenvalue weighted by atomic mass is 16.6. The van der Waals surface area contributed by atoms with Crippen LogP contribution in [0.5, 0.6) is 0 Å². The monoisotopic (exact) mass is 618 g/mol. The lowest BCUT2D eigenvalue weighted by Crippen LogP contribution is -2.43. The molecule has 0 aliphatic heterocycles. The highest BCUT2D eigenvalue weighted by Crippen LogP contribution is 2.15. The summed E-state index contributed by atoms with van der Waals surface area (Å²) in [4.78, 5) is 50.7. The molecular formula is C29H54N4O10. The standard InChI is InChI=1S/C29H54N4O10/c1-26(2,3)41-23(35)30-13-10-16-38-19-29(33-22-34,20-39-17-11-14-31-24(36)42-27(4,5)6)21-40-18-12-15-32-25(37)43-28(7,8)9/h10-21H2,1-9H3,(H,30,35)(H,31,36)(H,32,37). The maximum atomic E-state index is 11.8. The first-order valence-electron chi connectivity index (χ1n) is 14.6. The molecule has 0 saturated carbocycles. The van der Waals surface area contributed by atoms with Gasteiger partial charge in [0.1, 0.15) is 22.3 Å². The summed E-state index contributed by atoms with van der Waals surface area (Å²) in [6, 6.07) is 0. The topological polar surface area (TPSA) is 172 Å². The number of nitrogens with one attached hydrogen (secondary N) is 3. The van der Waals surface area contributed by atoms with Gasteiger partial charge in [-0.05, 0) is 81.6 Å². The third-order valence-corrected chi connectivity index (χ3v) is 4.80. The van der Waals surface area contributed by atoms with Crippen LogP contribution >= 0.6 is 0 Å². The molecule has 0 radical (unpaired) electrons. The molecule has 43 heavy (non-hydrogen) atoms. The average molecular weight is 619 g/mol. The summed E-state index contributed by atoms with van der Waals surface area (Å²) >= 11 is 0. The molecule has 0 aromatic rings. The van der Waals surface area contributed by atoms with Crippen LogP contribution in [0.4, 0.5) is 14.4 Å². The van der Waals surface area contributed by atoms with Crippen molar-refractivity contribution in [2.45, 2.75) is 104 Å². The van der Waals surface area contributed by atoms with E-state index in [4.69, 9.17) is 28.4 Å². The van der Waals surface area contributed by atoms with Gasteiger partial charge in [-0.1, -0.05) is 0 Å². The summed E-state index contributed by atoms with van der Waals surface area (Å²) in [5.41, 5.74) is -2.95. The first-order chi connectivity index (χ1) is 19.9. The molecule has 0 saturated heterocycles. The molecule has 250 valence electrons. The molecular weight excluding hydrogens is 564 g/mol. The van der Waals surface area contributed by atoms with Crippen molar-refractivity contribution in [2.75, 3.05) is 59.3 Å². The molecule has 0 spiro atoms. The van der Waals surface area contributed by atoms with Crippen LogP contribution < -0.4 is 16.0 Å². The molecule has 0 unspecified atom stereocenters. The molecule has 0 bridgehead atoms. The van der Waals surface area contributed by atoms with E-state index in [9.17, 15) is 19.2 Å². The van der Waals surface area contributed by atoms with Crippen molar-refractivity contribution in [3.8, 4) is 0 Å². The van der Waals surface area contributed by atoms with Gasteiger partial charge in [0.05, 0.1) is 19.8 Å². The lowest BCUT2D eigenvalue weighted by atomic mass is 10.0. The maximum absolute atomic E-state index is 11.8. The Morgan fingerprint density at radius 3 is 1.07 bits per heavy atom. The fourth-order valence-electron chi connectivity index (χ4n) is 3.14. The van der Waals surface area contributed by atoms with Gasteiger partial charge >= 0.3 is 18.3 Å². The molecule has 3 N–H and O–H groups in total. The van der Waals surface area contributed by atoms with Crippen molar-refractivity contribution >= 4 is 24.4 Å². The van der Waals surface area contributed by atoms with E-state index in [0.29, 0.717) is 38.9 Å². The van der Waals surface area contributed by atoms with E-state index in [1.54, 1.807) is 68.4 Å². The predicted octanol–water partition coefficient (Wildman–Crippen LogP) is 3.86. The smallest absolute Gasteiger partial charge is 0.407 e. The Hall–Kier alpha value is -2.93. The molecule has 0 aromatic heterocycles. The molecule has 0 heterocycles. The number of rotatable bonds is 19. The summed E-state index contributed by atoms with van der Waals surface area (Å²) < 4.78 is 32.9. The first kappa shape index (κ1) is 40.1. The van der Waals surface area contributed by atoms with E-state index in [-0.39, 0.29) is 39.6 Å². The van der Waals surface area contributed by atoms with Gasteiger partial charge in [-0.15, -0.1) is 0 Å². The largest absolute Gasteiger partial charge is 0.444 e. The fourth-order valence-corrected chi connectivity index (χ4v) is 3.14. The highest BCUT2D eigenvalue weighted by Gasteiger charge is 2.32. The fraction of sp³-hybridized carbons (Fsp3) is 0.862. The molecule has 14 heteroatoms. The quantitative estimate of drug-likeness (QED) is 0.0835. The molecule has 0 aliphatic rings. The molecule has 0 aromatic carbocycles. The number of carbonyl (C=O) groups excluding carboxylic acids is 4. The maximum Gasteiger partial charge on any atom is 0.407 e. The summed E-state index contributed by atoms with van der Waals surface area (Å²) in [6.07, 6.45) is 1.52. The van der Waals surface area contributed by atoms with E-state index in [1.807, 2.05) is 0 Å². The van der Waals surface area contributed by atoms with Gasteiger partial charge < -0.3 is 44.4 Å². The van der Waals surface area contributed by atoms with Crippen molar-refractivity contribution in [1.82, 2.24) is 16.0 Å². The van der Waals surface area contributed by atoms with Crippen molar-refractivity contribution < 1.29 is 47.6 Å². The van der Waals surface area contributed by atoms with Gasteiger partial charge in [0.25, 0.3) is 0 Å². The average Bonchev–Trinajstić information content (AvgIpc) is 2.82. The van der Waals surface area contributed by atoms with E-state index in [2.05, 4.69) is 20.9 Å².